The van der Waals surface area contributed by atoms with E-state index in [0.717, 1.165) is 72.9 Å². The van der Waals surface area contributed by atoms with Crippen LogP contribution in [0.5, 0.6) is 0 Å². The van der Waals surface area contributed by atoms with Gasteiger partial charge >= 0.3 is 0 Å². The van der Waals surface area contributed by atoms with Crippen LogP contribution in [0.2, 0.25) is 0 Å². The third-order valence-corrected chi connectivity index (χ3v) is 11.7. The van der Waals surface area contributed by atoms with E-state index in [2.05, 4.69) is 170 Å². The van der Waals surface area contributed by atoms with E-state index >= 15 is 0 Å². The van der Waals surface area contributed by atoms with Crippen LogP contribution in [0.25, 0.3) is 106 Å². The summed E-state index contributed by atoms with van der Waals surface area (Å²) in [5.41, 5.74) is 17.3. The lowest BCUT2D eigenvalue weighted by Crippen LogP contribution is -2.02. The zero-order valence-electron chi connectivity index (χ0n) is 34.9. The predicted octanol–water partition coefficient (Wildman–Crippen LogP) is 14.6. The van der Waals surface area contributed by atoms with E-state index in [1.807, 2.05) is 60.7 Å². The molecule has 0 aliphatic rings. The van der Waals surface area contributed by atoms with Crippen LogP contribution in [-0.2, 0) is 0 Å². The molecule has 0 N–H and O–H groups in total. The van der Waals surface area contributed by atoms with Crippen LogP contribution < -0.4 is 0 Å². The minimum Gasteiger partial charge on any atom is -0.309 e. The average Bonchev–Trinajstić information content (AvgIpc) is 3.68. The maximum Gasteiger partial charge on any atom is 0.160 e. The zero-order valence-corrected chi connectivity index (χ0v) is 34.9. The molecule has 0 aliphatic heterocycles. The maximum absolute atomic E-state index is 5.41. The Morgan fingerprint density at radius 3 is 1.35 bits per heavy atom. The highest BCUT2D eigenvalue weighted by atomic mass is 15.0. The molecule has 0 bridgehead atoms. The molecule has 5 heteroatoms. The zero-order chi connectivity index (χ0) is 42.3. The molecular weight excluding hydrogens is 767 g/mol. The number of benzene rings is 8. The third kappa shape index (κ3) is 7.26. The molecule has 0 spiro atoms. The van der Waals surface area contributed by atoms with Gasteiger partial charge in [-0.25, -0.2) is 19.9 Å². The van der Waals surface area contributed by atoms with Crippen LogP contribution in [0.15, 0.2) is 212 Å². The van der Waals surface area contributed by atoms with E-state index in [1.54, 1.807) is 0 Å². The lowest BCUT2D eigenvalue weighted by Gasteiger charge is -2.17. The fraction of sp³-hybridized carbons (Fsp3) is 0.0345. The predicted molar refractivity (Wildman–Crippen MR) is 259 cm³/mol. The van der Waals surface area contributed by atoms with E-state index in [-0.39, 0.29) is 0 Å². The molecule has 11 aromatic rings. The van der Waals surface area contributed by atoms with Gasteiger partial charge in [-0.05, 0) is 67.4 Å². The Hall–Kier alpha value is -8.28. The summed E-state index contributed by atoms with van der Waals surface area (Å²) in [5, 5.41) is 2.37. The second-order valence-corrected chi connectivity index (χ2v) is 16.1. The summed E-state index contributed by atoms with van der Waals surface area (Å²) in [6, 6.07) is 74.4. The van der Waals surface area contributed by atoms with E-state index in [9.17, 15) is 0 Å². The maximum atomic E-state index is 5.41. The highest BCUT2D eigenvalue weighted by Crippen LogP contribution is 2.41. The molecule has 0 saturated carbocycles. The van der Waals surface area contributed by atoms with Gasteiger partial charge in [0.15, 0.2) is 11.6 Å². The fourth-order valence-electron chi connectivity index (χ4n) is 8.78. The first-order valence-corrected chi connectivity index (χ1v) is 21.3. The molecule has 5 nitrogen and oxygen atoms in total. The van der Waals surface area contributed by atoms with Gasteiger partial charge in [0.05, 0.1) is 39.5 Å². The summed E-state index contributed by atoms with van der Waals surface area (Å²) in [7, 11) is 0. The molecule has 3 aromatic heterocycles. The van der Waals surface area contributed by atoms with E-state index < -0.39 is 0 Å². The van der Waals surface area contributed by atoms with Gasteiger partial charge in [-0.1, -0.05) is 181 Å². The Balaban J connectivity index is 1.19. The molecule has 11 rings (SSSR count). The van der Waals surface area contributed by atoms with Gasteiger partial charge in [-0.3, -0.25) is 0 Å². The lowest BCUT2D eigenvalue weighted by atomic mass is 9.99. The van der Waals surface area contributed by atoms with Crippen molar-refractivity contribution in [1.82, 2.24) is 24.5 Å². The minimum absolute atomic E-state index is 0.656. The topological polar surface area (TPSA) is 56.5 Å². The highest BCUT2D eigenvalue weighted by Gasteiger charge is 2.21. The smallest absolute Gasteiger partial charge is 0.160 e. The molecule has 298 valence electrons. The summed E-state index contributed by atoms with van der Waals surface area (Å²) in [6.45, 7) is 4.33. The first kappa shape index (κ1) is 37.7. The average molecular weight is 808 g/mol. The quantitative estimate of drug-likeness (QED) is 0.153. The Morgan fingerprint density at radius 2 is 0.762 bits per heavy atom. The molecule has 63 heavy (non-hydrogen) atoms. The third-order valence-electron chi connectivity index (χ3n) is 11.7. The Labute approximate surface area is 366 Å². The van der Waals surface area contributed by atoms with Gasteiger partial charge in [0.2, 0.25) is 0 Å². The first-order chi connectivity index (χ1) is 31.0. The molecule has 0 unspecified atom stereocenters. The van der Waals surface area contributed by atoms with Gasteiger partial charge in [0.1, 0.15) is 0 Å². The van der Waals surface area contributed by atoms with Gasteiger partial charge in [-0.15, -0.1) is 0 Å². The van der Waals surface area contributed by atoms with Crippen molar-refractivity contribution in [3.05, 3.63) is 223 Å². The van der Waals surface area contributed by atoms with Crippen molar-refractivity contribution < 1.29 is 0 Å². The summed E-state index contributed by atoms with van der Waals surface area (Å²) >= 11 is 0. The van der Waals surface area contributed by atoms with Crippen LogP contribution in [0.4, 0.5) is 0 Å². The van der Waals surface area contributed by atoms with Crippen LogP contribution >= 0.6 is 0 Å². The van der Waals surface area contributed by atoms with Gasteiger partial charge < -0.3 is 4.57 Å². The van der Waals surface area contributed by atoms with Crippen LogP contribution in [0.1, 0.15) is 11.1 Å². The van der Waals surface area contributed by atoms with Gasteiger partial charge in [0.25, 0.3) is 0 Å². The second kappa shape index (κ2) is 16.0. The second-order valence-electron chi connectivity index (χ2n) is 16.1. The number of fused-ring (bicyclic) bond motifs is 3. The van der Waals surface area contributed by atoms with Crippen molar-refractivity contribution in [2.45, 2.75) is 13.8 Å². The van der Waals surface area contributed by atoms with Crippen molar-refractivity contribution in [3.8, 4) is 84.6 Å². The Kier molecular flexibility index (Phi) is 9.55. The molecule has 0 radical (unpaired) electrons. The fourth-order valence-corrected chi connectivity index (χ4v) is 8.78. The van der Waals surface area contributed by atoms with Gasteiger partial charge in [-0.2, -0.15) is 0 Å². The van der Waals surface area contributed by atoms with Crippen LogP contribution in [-0.4, -0.2) is 24.5 Å². The molecule has 3 heterocycles. The summed E-state index contributed by atoms with van der Waals surface area (Å²) in [6.07, 6.45) is 0. The SMILES string of the molecule is Cc1cc(C)cc(-c2ccc3c(c2)c2ccccc2n3-c2ccc(-c3cc(-c4ccccc4)nc(-c4ccccc4)n3)cc2-c2cc(-c3ccccc3)nc(-c3ccccc3)n2)c1. The van der Waals surface area contributed by atoms with E-state index in [1.165, 1.54) is 33.0 Å². The lowest BCUT2D eigenvalue weighted by molar-refractivity contribution is 1.15. The molecule has 0 amide bonds. The molecule has 0 saturated heterocycles. The first-order valence-electron chi connectivity index (χ1n) is 21.3. The molecular formula is C58H41N5. The van der Waals surface area contributed by atoms with E-state index in [4.69, 9.17) is 19.9 Å². The number of para-hydroxylation sites is 1. The standard InChI is InChI=1S/C58H41N5/c1-38-31-39(2)33-46(32-38)44-27-29-55-48(34-44)47-25-15-16-26-54(47)63(55)56-30-28-45(52-36-50(40-17-7-3-8-18-40)59-57(61-52)42-21-11-5-12-22-42)35-49(56)53-37-51(41-19-9-4-10-20-41)60-58(62-53)43-23-13-6-14-24-43/h3-37H,1-2H3. The highest BCUT2D eigenvalue weighted by molar-refractivity contribution is 6.11. The van der Waals surface area contributed by atoms with E-state index in [0.29, 0.717) is 11.6 Å². The number of rotatable bonds is 8. The summed E-state index contributed by atoms with van der Waals surface area (Å²) < 4.78 is 2.40. The largest absolute Gasteiger partial charge is 0.309 e. The summed E-state index contributed by atoms with van der Waals surface area (Å²) in [4.78, 5) is 20.9. The number of nitrogens with zero attached hydrogens (tertiary/aromatic N) is 5. The number of aromatic nitrogens is 5. The number of hydrogen-bond donors (Lipinski definition) is 0. The Bertz CT molecular complexity index is 3320. The van der Waals surface area contributed by atoms with Crippen molar-refractivity contribution in [2.75, 3.05) is 0 Å². The normalized spacial score (nSPS) is 11.3. The van der Waals surface area contributed by atoms with Crippen molar-refractivity contribution >= 4 is 21.8 Å². The Morgan fingerprint density at radius 1 is 0.302 bits per heavy atom. The van der Waals surface area contributed by atoms with Crippen LogP contribution in [0.3, 0.4) is 0 Å². The van der Waals surface area contributed by atoms with Crippen molar-refractivity contribution in [2.24, 2.45) is 0 Å². The molecule has 8 aromatic carbocycles. The number of hydrogen-bond acceptors (Lipinski definition) is 4. The molecule has 0 aliphatic carbocycles. The molecule has 0 atom stereocenters. The summed E-state index contributed by atoms with van der Waals surface area (Å²) in [5.74, 6) is 1.32. The van der Waals surface area contributed by atoms with Crippen molar-refractivity contribution in [1.29, 1.82) is 0 Å². The number of aryl methyl sites for hydroxylation is 2. The van der Waals surface area contributed by atoms with Gasteiger partial charge in [0, 0.05) is 44.2 Å². The monoisotopic (exact) mass is 807 g/mol. The minimum atomic E-state index is 0.656. The molecule has 0 fully saturated rings. The van der Waals surface area contributed by atoms with Crippen LogP contribution in [0, 0.1) is 13.8 Å². The van der Waals surface area contributed by atoms with Crippen molar-refractivity contribution in [3.63, 3.8) is 0 Å².